The molecule has 0 spiro atoms. The molecule has 0 saturated carbocycles. The van der Waals surface area contributed by atoms with Gasteiger partial charge in [-0.2, -0.15) is 0 Å². The molecule has 4 nitrogen and oxygen atoms in total. The third-order valence-corrected chi connectivity index (χ3v) is 7.38. The molecule has 1 heterocycles. The maximum Gasteiger partial charge on any atom is 0.338 e. The van der Waals surface area contributed by atoms with Gasteiger partial charge in [-0.3, -0.25) is 0 Å². The smallest absolute Gasteiger partial charge is 0.338 e. The highest BCUT2D eigenvalue weighted by Crippen LogP contribution is 2.44. The van der Waals surface area contributed by atoms with E-state index in [2.05, 4.69) is 85.9 Å². The third-order valence-electron chi connectivity index (χ3n) is 7.38. The molecule has 0 bridgehead atoms. The van der Waals surface area contributed by atoms with Crippen molar-refractivity contribution in [2.24, 2.45) is 0 Å². The number of halogens is 1. The summed E-state index contributed by atoms with van der Waals surface area (Å²) in [6.45, 7) is 5.06. The van der Waals surface area contributed by atoms with Crippen LogP contribution in [0.1, 0.15) is 71.3 Å². The van der Waals surface area contributed by atoms with Crippen LogP contribution in [0.2, 0.25) is 0 Å². The van der Waals surface area contributed by atoms with Gasteiger partial charge in [0.15, 0.2) is 0 Å². The molecule has 5 heteroatoms. The molecular weight excluding hydrogens is 482 g/mol. The quantitative estimate of drug-likeness (QED) is 0.257. The highest BCUT2D eigenvalue weighted by Gasteiger charge is 2.33. The predicted octanol–water partition coefficient (Wildman–Crippen LogP) is 7.59. The average Bonchev–Trinajstić information content (AvgIpc) is 2.94. The molecule has 1 N–H and O–H groups in total. The van der Waals surface area contributed by atoms with Crippen LogP contribution in [0.25, 0.3) is 10.8 Å². The lowest BCUT2D eigenvalue weighted by Crippen LogP contribution is -2.28. The maximum absolute atomic E-state index is 12.6. The SMILES string of the molecule is CCC1CC(c2ccccc2C(=O)OC)c2c(CN[C@H](C)c3cccc4ccccc34)cccc2O1.Cl. The van der Waals surface area contributed by atoms with E-state index in [1.807, 2.05) is 18.2 Å². The standard InChI is InChI=1S/C32H33NO3.ClH/c1-4-24-19-29(27-15-7-8-16-28(27)32(34)35-3)31-23(13-10-18-30(31)36-24)20-33-21(2)25-17-9-12-22-11-5-6-14-26(22)25;/h5-18,21,24,29,33H,4,19-20H2,1-3H3;1H/t21-,24?,29?;/m1./s1. The molecule has 0 saturated heterocycles. The van der Waals surface area contributed by atoms with Crippen LogP contribution in [0, 0.1) is 0 Å². The van der Waals surface area contributed by atoms with Crippen LogP contribution in [-0.2, 0) is 11.3 Å². The minimum absolute atomic E-state index is 0. The fourth-order valence-electron chi connectivity index (χ4n) is 5.48. The van der Waals surface area contributed by atoms with Crippen molar-refractivity contribution in [2.45, 2.75) is 51.3 Å². The topological polar surface area (TPSA) is 47.6 Å². The normalized spacial score (nSPS) is 17.3. The van der Waals surface area contributed by atoms with Gasteiger partial charge in [-0.25, -0.2) is 4.79 Å². The number of esters is 1. The minimum Gasteiger partial charge on any atom is -0.490 e. The van der Waals surface area contributed by atoms with Crippen LogP contribution < -0.4 is 10.1 Å². The second-order valence-electron chi connectivity index (χ2n) is 9.52. The van der Waals surface area contributed by atoms with E-state index in [0.29, 0.717) is 12.1 Å². The summed E-state index contributed by atoms with van der Waals surface area (Å²) in [6.07, 6.45) is 1.84. The second-order valence-corrected chi connectivity index (χ2v) is 9.52. The lowest BCUT2D eigenvalue weighted by atomic mass is 9.79. The first kappa shape index (κ1) is 26.7. The highest BCUT2D eigenvalue weighted by atomic mass is 35.5. The molecule has 0 amide bonds. The maximum atomic E-state index is 12.6. The number of hydrogen-bond donors (Lipinski definition) is 1. The van der Waals surface area contributed by atoms with Crippen molar-refractivity contribution in [3.8, 4) is 5.75 Å². The molecule has 5 rings (SSSR count). The largest absolute Gasteiger partial charge is 0.490 e. The summed E-state index contributed by atoms with van der Waals surface area (Å²) < 4.78 is 11.5. The predicted molar refractivity (Wildman–Crippen MR) is 152 cm³/mol. The van der Waals surface area contributed by atoms with Crippen LogP contribution in [0.3, 0.4) is 0 Å². The zero-order chi connectivity index (χ0) is 25.1. The van der Waals surface area contributed by atoms with Gasteiger partial charge in [-0.1, -0.05) is 79.7 Å². The van der Waals surface area contributed by atoms with Gasteiger partial charge in [0.1, 0.15) is 5.75 Å². The van der Waals surface area contributed by atoms with E-state index in [9.17, 15) is 4.79 Å². The van der Waals surface area contributed by atoms with Gasteiger partial charge in [0, 0.05) is 24.1 Å². The Morgan fingerprint density at radius 3 is 2.54 bits per heavy atom. The highest BCUT2D eigenvalue weighted by molar-refractivity contribution is 5.91. The molecule has 0 aliphatic carbocycles. The first-order valence-corrected chi connectivity index (χ1v) is 12.8. The van der Waals surface area contributed by atoms with Crippen LogP contribution in [0.4, 0.5) is 0 Å². The third kappa shape index (κ3) is 5.36. The molecule has 37 heavy (non-hydrogen) atoms. The Morgan fingerprint density at radius 1 is 1.00 bits per heavy atom. The molecule has 2 unspecified atom stereocenters. The number of ether oxygens (including phenoxy) is 2. The molecular formula is C32H34ClNO3. The van der Waals surface area contributed by atoms with Crippen LogP contribution in [-0.4, -0.2) is 19.2 Å². The van der Waals surface area contributed by atoms with Gasteiger partial charge in [0.05, 0.1) is 18.8 Å². The Kier molecular flexibility index (Phi) is 8.52. The number of carbonyl (C=O) groups excluding carboxylic acids is 1. The fraction of sp³-hybridized carbons (Fsp3) is 0.281. The number of rotatable bonds is 7. The molecule has 4 aromatic rings. The lowest BCUT2D eigenvalue weighted by molar-refractivity contribution is 0.0598. The number of methoxy groups -OCH3 is 1. The Morgan fingerprint density at radius 2 is 1.73 bits per heavy atom. The fourth-order valence-corrected chi connectivity index (χ4v) is 5.48. The van der Waals surface area contributed by atoms with E-state index >= 15 is 0 Å². The summed E-state index contributed by atoms with van der Waals surface area (Å²) >= 11 is 0. The van der Waals surface area contributed by atoms with Gasteiger partial charge < -0.3 is 14.8 Å². The van der Waals surface area contributed by atoms with Crippen molar-refractivity contribution in [1.29, 1.82) is 0 Å². The van der Waals surface area contributed by atoms with Crippen molar-refractivity contribution < 1.29 is 14.3 Å². The van der Waals surface area contributed by atoms with Crippen molar-refractivity contribution in [3.05, 3.63) is 113 Å². The van der Waals surface area contributed by atoms with Crippen LogP contribution >= 0.6 is 12.4 Å². The van der Waals surface area contributed by atoms with E-state index in [0.717, 1.165) is 29.7 Å². The Bertz CT molecular complexity index is 1380. The first-order valence-electron chi connectivity index (χ1n) is 12.8. The monoisotopic (exact) mass is 515 g/mol. The second kappa shape index (κ2) is 11.8. The van der Waals surface area contributed by atoms with Crippen LogP contribution in [0.15, 0.2) is 84.9 Å². The van der Waals surface area contributed by atoms with Crippen molar-refractivity contribution in [1.82, 2.24) is 5.32 Å². The minimum atomic E-state index is -0.299. The Balaban J connectivity index is 0.00000320. The number of benzene rings is 4. The summed E-state index contributed by atoms with van der Waals surface area (Å²) in [4.78, 5) is 12.6. The number of fused-ring (bicyclic) bond motifs is 2. The van der Waals surface area contributed by atoms with E-state index in [1.54, 1.807) is 0 Å². The molecule has 4 aromatic carbocycles. The van der Waals surface area contributed by atoms with Crippen molar-refractivity contribution in [3.63, 3.8) is 0 Å². The van der Waals surface area contributed by atoms with E-state index in [4.69, 9.17) is 9.47 Å². The van der Waals surface area contributed by atoms with E-state index < -0.39 is 0 Å². The molecule has 1 aliphatic heterocycles. The Hall–Kier alpha value is -3.34. The zero-order valence-corrected chi connectivity index (χ0v) is 22.4. The molecule has 192 valence electrons. The molecule has 1 aliphatic rings. The molecule has 0 fully saturated rings. The summed E-state index contributed by atoms with van der Waals surface area (Å²) in [6, 6.07) is 29.3. The molecule has 0 radical (unpaired) electrons. The van der Waals surface area contributed by atoms with Gasteiger partial charge in [-0.05, 0) is 59.4 Å². The Labute approximate surface area is 225 Å². The van der Waals surface area contributed by atoms with Gasteiger partial charge in [-0.15, -0.1) is 12.4 Å². The first-order chi connectivity index (χ1) is 17.6. The summed E-state index contributed by atoms with van der Waals surface area (Å²) in [7, 11) is 1.44. The summed E-state index contributed by atoms with van der Waals surface area (Å²) in [5, 5.41) is 6.28. The van der Waals surface area contributed by atoms with Gasteiger partial charge in [0.2, 0.25) is 0 Å². The molecule has 0 aromatic heterocycles. The van der Waals surface area contributed by atoms with Crippen molar-refractivity contribution in [2.75, 3.05) is 7.11 Å². The van der Waals surface area contributed by atoms with E-state index in [1.165, 1.54) is 29.0 Å². The van der Waals surface area contributed by atoms with E-state index in [-0.39, 0.29) is 36.4 Å². The lowest BCUT2D eigenvalue weighted by Gasteiger charge is -2.34. The average molecular weight is 516 g/mol. The number of nitrogens with one attached hydrogen (secondary N) is 1. The number of carbonyl (C=O) groups is 1. The van der Waals surface area contributed by atoms with Crippen molar-refractivity contribution >= 4 is 29.1 Å². The van der Waals surface area contributed by atoms with Gasteiger partial charge >= 0.3 is 5.97 Å². The van der Waals surface area contributed by atoms with Gasteiger partial charge in [0.25, 0.3) is 0 Å². The summed E-state index contributed by atoms with van der Waals surface area (Å²) in [5.41, 5.74) is 5.27. The molecule has 3 atom stereocenters. The van der Waals surface area contributed by atoms with Crippen LogP contribution in [0.5, 0.6) is 5.75 Å². The summed E-state index contributed by atoms with van der Waals surface area (Å²) in [5.74, 6) is 0.668. The number of hydrogen-bond acceptors (Lipinski definition) is 4. The zero-order valence-electron chi connectivity index (χ0n) is 21.6.